The number of fused-ring (bicyclic) bond motifs is 3. The molecule has 1 heterocycles. The highest BCUT2D eigenvalue weighted by molar-refractivity contribution is 5.97. The standard InChI is InChI=1S/C19H24N2O4/c1-4-25-17-8-7-16(21(23)24)19-18(17)14-11-13(22)5-6-15(14)20(19)10-9-12(2)3/h7-9,13,22H,4-6,10-11H2,1-3H3. The summed E-state index contributed by atoms with van der Waals surface area (Å²) in [6.07, 6.45) is 3.56. The van der Waals surface area contributed by atoms with E-state index < -0.39 is 6.10 Å². The molecule has 0 amide bonds. The zero-order chi connectivity index (χ0) is 18.1. The van der Waals surface area contributed by atoms with E-state index in [9.17, 15) is 15.2 Å². The molecule has 1 aliphatic carbocycles. The number of nitro benzene ring substituents is 1. The van der Waals surface area contributed by atoms with Gasteiger partial charge in [-0.25, -0.2) is 0 Å². The van der Waals surface area contributed by atoms with E-state index in [4.69, 9.17) is 4.74 Å². The van der Waals surface area contributed by atoms with Crippen molar-refractivity contribution in [3.05, 3.63) is 45.2 Å². The minimum absolute atomic E-state index is 0.0875. The van der Waals surface area contributed by atoms with Crippen LogP contribution < -0.4 is 4.74 Å². The van der Waals surface area contributed by atoms with Crippen molar-refractivity contribution in [1.82, 2.24) is 4.57 Å². The van der Waals surface area contributed by atoms with E-state index in [1.165, 1.54) is 6.07 Å². The topological polar surface area (TPSA) is 77.5 Å². The number of hydrogen-bond donors (Lipinski definition) is 1. The molecule has 1 unspecified atom stereocenters. The Morgan fingerprint density at radius 3 is 2.88 bits per heavy atom. The van der Waals surface area contributed by atoms with Gasteiger partial charge in [-0.05, 0) is 45.2 Å². The summed E-state index contributed by atoms with van der Waals surface area (Å²) in [5.41, 5.74) is 3.92. The fraction of sp³-hybridized carbons (Fsp3) is 0.474. The molecule has 6 nitrogen and oxygen atoms in total. The number of aromatic nitrogens is 1. The van der Waals surface area contributed by atoms with Crippen LogP contribution in [0.5, 0.6) is 5.75 Å². The first kappa shape index (κ1) is 17.5. The van der Waals surface area contributed by atoms with E-state index in [0.717, 1.165) is 22.2 Å². The number of benzene rings is 1. The average molecular weight is 344 g/mol. The van der Waals surface area contributed by atoms with Crippen LogP contribution in [0.3, 0.4) is 0 Å². The first-order valence-corrected chi connectivity index (χ1v) is 8.69. The summed E-state index contributed by atoms with van der Waals surface area (Å²) >= 11 is 0. The summed E-state index contributed by atoms with van der Waals surface area (Å²) in [5, 5.41) is 22.6. The minimum Gasteiger partial charge on any atom is -0.493 e. The Labute approximate surface area is 146 Å². The van der Waals surface area contributed by atoms with Crippen LogP contribution in [-0.2, 0) is 19.4 Å². The summed E-state index contributed by atoms with van der Waals surface area (Å²) in [5.74, 6) is 0.657. The number of nitro groups is 1. The Kier molecular flexibility index (Phi) is 4.81. The summed E-state index contributed by atoms with van der Waals surface area (Å²) in [7, 11) is 0. The van der Waals surface area contributed by atoms with E-state index in [1.54, 1.807) is 6.07 Å². The van der Waals surface area contributed by atoms with E-state index in [2.05, 4.69) is 6.08 Å². The number of nitrogens with zero attached hydrogens (tertiary/aromatic N) is 2. The molecule has 1 N–H and O–H groups in total. The molecule has 0 saturated heterocycles. The molecule has 6 heteroatoms. The van der Waals surface area contributed by atoms with Crippen molar-refractivity contribution in [1.29, 1.82) is 0 Å². The maximum Gasteiger partial charge on any atom is 0.293 e. The van der Waals surface area contributed by atoms with Crippen LogP contribution in [0, 0.1) is 10.1 Å². The van der Waals surface area contributed by atoms with Gasteiger partial charge in [0.05, 0.1) is 23.0 Å². The lowest BCUT2D eigenvalue weighted by Gasteiger charge is -2.20. The smallest absolute Gasteiger partial charge is 0.293 e. The molecule has 1 aromatic carbocycles. The highest BCUT2D eigenvalue weighted by atomic mass is 16.6. The van der Waals surface area contributed by atoms with Crippen LogP contribution in [0.15, 0.2) is 23.8 Å². The number of aliphatic hydroxyl groups excluding tert-OH is 1. The van der Waals surface area contributed by atoms with Gasteiger partial charge in [0.25, 0.3) is 5.69 Å². The summed E-state index contributed by atoms with van der Waals surface area (Å²) in [6.45, 7) is 7.00. The van der Waals surface area contributed by atoms with Gasteiger partial charge < -0.3 is 14.4 Å². The third-order valence-electron chi connectivity index (χ3n) is 4.70. The van der Waals surface area contributed by atoms with E-state index in [0.29, 0.717) is 43.7 Å². The molecular weight excluding hydrogens is 320 g/mol. The SMILES string of the molecule is CCOc1ccc([N+](=O)[O-])c2c1c1c(n2CC=C(C)C)CCC(O)C1. The van der Waals surface area contributed by atoms with Gasteiger partial charge in [-0.15, -0.1) is 0 Å². The predicted molar refractivity (Wildman–Crippen MR) is 97.2 cm³/mol. The average Bonchev–Trinajstić information content (AvgIpc) is 2.87. The minimum atomic E-state index is -0.413. The van der Waals surface area contributed by atoms with Gasteiger partial charge in [0.1, 0.15) is 11.3 Å². The molecule has 3 rings (SSSR count). The molecule has 0 bridgehead atoms. The van der Waals surface area contributed by atoms with Crippen molar-refractivity contribution < 1.29 is 14.8 Å². The molecule has 0 spiro atoms. The normalized spacial score (nSPS) is 16.6. The molecule has 1 atom stereocenters. The van der Waals surface area contributed by atoms with Crippen molar-refractivity contribution in [2.24, 2.45) is 0 Å². The van der Waals surface area contributed by atoms with Gasteiger partial charge in [-0.2, -0.15) is 0 Å². The molecule has 0 radical (unpaired) electrons. The van der Waals surface area contributed by atoms with Gasteiger partial charge in [0, 0.05) is 24.7 Å². The zero-order valence-electron chi connectivity index (χ0n) is 14.9. The second kappa shape index (κ2) is 6.88. The lowest BCUT2D eigenvalue weighted by molar-refractivity contribution is -0.383. The van der Waals surface area contributed by atoms with Crippen molar-refractivity contribution in [3.63, 3.8) is 0 Å². The van der Waals surface area contributed by atoms with Crippen LogP contribution in [0.1, 0.15) is 38.4 Å². The van der Waals surface area contributed by atoms with Crippen LogP contribution in [-0.4, -0.2) is 27.3 Å². The van der Waals surface area contributed by atoms with E-state index in [-0.39, 0.29) is 10.6 Å². The van der Waals surface area contributed by atoms with Crippen LogP contribution in [0.25, 0.3) is 10.9 Å². The maximum atomic E-state index is 11.6. The quantitative estimate of drug-likeness (QED) is 0.509. The van der Waals surface area contributed by atoms with Gasteiger partial charge in [-0.3, -0.25) is 10.1 Å². The third-order valence-corrected chi connectivity index (χ3v) is 4.70. The van der Waals surface area contributed by atoms with E-state index >= 15 is 0 Å². The Bertz CT molecular complexity index is 847. The highest BCUT2D eigenvalue weighted by Gasteiger charge is 2.30. The molecule has 2 aromatic rings. The Hall–Kier alpha value is -2.34. The van der Waals surface area contributed by atoms with Crippen LogP contribution >= 0.6 is 0 Å². The second-order valence-electron chi connectivity index (χ2n) is 6.71. The van der Waals surface area contributed by atoms with Gasteiger partial charge in [0.15, 0.2) is 0 Å². The Morgan fingerprint density at radius 2 is 2.24 bits per heavy atom. The molecule has 25 heavy (non-hydrogen) atoms. The number of non-ortho nitro benzene ring substituents is 1. The summed E-state index contributed by atoms with van der Waals surface area (Å²) < 4.78 is 7.79. The van der Waals surface area contributed by atoms with Crippen molar-refractivity contribution in [2.75, 3.05) is 6.61 Å². The molecule has 1 aliphatic rings. The van der Waals surface area contributed by atoms with Gasteiger partial charge >= 0.3 is 0 Å². The maximum absolute atomic E-state index is 11.6. The molecule has 0 aliphatic heterocycles. The first-order chi connectivity index (χ1) is 11.9. The fourth-order valence-corrected chi connectivity index (χ4v) is 3.61. The Balaban J connectivity index is 2.36. The predicted octanol–water partition coefficient (Wildman–Crippen LogP) is 3.76. The number of allylic oxidation sites excluding steroid dienone is 2. The summed E-state index contributed by atoms with van der Waals surface area (Å²) in [6, 6.07) is 3.20. The molecular formula is C19H24N2O4. The van der Waals surface area contributed by atoms with Crippen molar-refractivity contribution >= 4 is 16.6 Å². The first-order valence-electron chi connectivity index (χ1n) is 8.69. The molecule has 0 saturated carbocycles. The highest BCUT2D eigenvalue weighted by Crippen LogP contribution is 2.42. The fourth-order valence-electron chi connectivity index (χ4n) is 3.61. The van der Waals surface area contributed by atoms with Crippen molar-refractivity contribution in [2.45, 2.75) is 52.7 Å². The van der Waals surface area contributed by atoms with E-state index in [1.807, 2.05) is 25.3 Å². The Morgan fingerprint density at radius 1 is 1.48 bits per heavy atom. The molecule has 134 valence electrons. The van der Waals surface area contributed by atoms with Gasteiger partial charge in [-0.1, -0.05) is 11.6 Å². The number of ether oxygens (including phenoxy) is 1. The number of aliphatic hydroxyl groups is 1. The largest absolute Gasteiger partial charge is 0.493 e. The number of hydrogen-bond acceptors (Lipinski definition) is 4. The lowest BCUT2D eigenvalue weighted by atomic mass is 9.93. The van der Waals surface area contributed by atoms with Crippen LogP contribution in [0.2, 0.25) is 0 Å². The molecule has 0 fully saturated rings. The number of rotatable bonds is 5. The second-order valence-corrected chi connectivity index (χ2v) is 6.71. The summed E-state index contributed by atoms with van der Waals surface area (Å²) in [4.78, 5) is 11.3. The van der Waals surface area contributed by atoms with Crippen LogP contribution in [0.4, 0.5) is 5.69 Å². The van der Waals surface area contributed by atoms with Crippen molar-refractivity contribution in [3.8, 4) is 5.75 Å². The monoisotopic (exact) mass is 344 g/mol. The zero-order valence-corrected chi connectivity index (χ0v) is 14.9. The third kappa shape index (κ3) is 3.14. The molecule has 1 aromatic heterocycles. The lowest BCUT2D eigenvalue weighted by Crippen LogP contribution is -2.19. The van der Waals surface area contributed by atoms with Gasteiger partial charge in [0.2, 0.25) is 0 Å².